The van der Waals surface area contributed by atoms with Gasteiger partial charge in [-0.15, -0.1) is 0 Å². The summed E-state index contributed by atoms with van der Waals surface area (Å²) in [4.78, 5) is 17.7. The van der Waals surface area contributed by atoms with Gasteiger partial charge in [-0.2, -0.15) is 4.98 Å². The van der Waals surface area contributed by atoms with Crippen molar-refractivity contribution in [1.82, 2.24) is 9.97 Å². The Balaban J connectivity index is 2.40. The average Bonchev–Trinajstić information content (AvgIpc) is 2.54. The van der Waals surface area contributed by atoms with Crippen LogP contribution < -0.4 is 5.56 Å². The van der Waals surface area contributed by atoms with Crippen molar-refractivity contribution in [3.63, 3.8) is 0 Å². The molecule has 16 heavy (non-hydrogen) atoms. The maximum atomic E-state index is 11.4. The largest absolute Gasteiger partial charge is 0.492 e. The highest BCUT2D eigenvalue weighted by atomic mass is 127. The molecule has 1 saturated heterocycles. The summed E-state index contributed by atoms with van der Waals surface area (Å²) >= 11 is 1.68. The van der Waals surface area contributed by atoms with Gasteiger partial charge in [0.1, 0.15) is 9.39 Å². The quantitative estimate of drug-likeness (QED) is 0.689. The maximum absolute atomic E-state index is 11.4. The molecule has 8 heteroatoms. The van der Waals surface area contributed by atoms with E-state index in [9.17, 15) is 18.3 Å². The van der Waals surface area contributed by atoms with Crippen LogP contribution >= 0.6 is 22.6 Å². The molecule has 2 heterocycles. The lowest BCUT2D eigenvalue weighted by Gasteiger charge is -2.07. The summed E-state index contributed by atoms with van der Waals surface area (Å²) in [5.41, 5.74) is -0.438. The molecule has 1 aliphatic heterocycles. The molecule has 0 amide bonds. The fraction of sp³-hybridized carbons (Fsp3) is 0.500. The number of sulfone groups is 1. The Morgan fingerprint density at radius 3 is 2.69 bits per heavy atom. The lowest BCUT2D eigenvalue weighted by Crippen LogP contribution is -2.17. The predicted octanol–water partition coefficient (Wildman–Crippen LogP) is -0.0178. The SMILES string of the molecule is O=c1[nH]c(C2CCS(=O)(=O)C2)nc(O)c1I. The van der Waals surface area contributed by atoms with E-state index in [0.29, 0.717) is 6.42 Å². The Kier molecular flexibility index (Phi) is 2.95. The van der Waals surface area contributed by atoms with Crippen molar-refractivity contribution < 1.29 is 13.5 Å². The second-order valence-electron chi connectivity index (χ2n) is 3.69. The fourth-order valence-electron chi connectivity index (χ4n) is 1.67. The molecule has 1 atom stereocenters. The standard InChI is InChI=1S/C8H9IN2O4S/c9-5-7(12)10-6(11-8(5)13)4-1-2-16(14,15)3-4/h4H,1-3H2,(H2,10,11,12,13). The molecule has 0 radical (unpaired) electrons. The van der Waals surface area contributed by atoms with Crippen molar-refractivity contribution in [3.8, 4) is 5.88 Å². The zero-order chi connectivity index (χ0) is 11.9. The first-order chi connectivity index (χ1) is 7.39. The first kappa shape index (κ1) is 11.8. The zero-order valence-corrected chi connectivity index (χ0v) is 11.1. The molecule has 2 N–H and O–H groups in total. The molecule has 1 aromatic rings. The number of nitrogens with zero attached hydrogens (tertiary/aromatic N) is 1. The number of nitrogens with one attached hydrogen (secondary N) is 1. The summed E-state index contributed by atoms with van der Waals surface area (Å²) in [7, 11) is -3.02. The number of hydrogen-bond acceptors (Lipinski definition) is 5. The van der Waals surface area contributed by atoms with Crippen LogP contribution in [0.3, 0.4) is 0 Å². The summed E-state index contributed by atoms with van der Waals surface area (Å²) in [5, 5.41) is 9.38. The van der Waals surface area contributed by atoms with Gasteiger partial charge in [0.25, 0.3) is 5.56 Å². The number of aromatic nitrogens is 2. The minimum absolute atomic E-state index is 0.0179. The second-order valence-corrected chi connectivity index (χ2v) is 7.00. The molecule has 88 valence electrons. The Bertz CT molecular complexity index is 580. The third-order valence-electron chi connectivity index (χ3n) is 2.48. The van der Waals surface area contributed by atoms with Gasteiger partial charge in [0.2, 0.25) is 5.88 Å². The first-order valence-electron chi connectivity index (χ1n) is 4.58. The van der Waals surface area contributed by atoms with Gasteiger partial charge in [-0.1, -0.05) is 0 Å². The number of H-pyrrole nitrogens is 1. The van der Waals surface area contributed by atoms with E-state index in [1.54, 1.807) is 22.6 Å². The lowest BCUT2D eigenvalue weighted by atomic mass is 10.1. The third-order valence-corrected chi connectivity index (χ3v) is 5.22. The van der Waals surface area contributed by atoms with Gasteiger partial charge in [-0.25, -0.2) is 8.42 Å². The fourth-order valence-corrected chi connectivity index (χ4v) is 3.67. The molecule has 0 aliphatic carbocycles. The van der Waals surface area contributed by atoms with Gasteiger partial charge in [-0.05, 0) is 29.0 Å². The van der Waals surface area contributed by atoms with Gasteiger partial charge in [0.15, 0.2) is 9.84 Å². The Morgan fingerprint density at radius 1 is 1.50 bits per heavy atom. The van der Waals surface area contributed by atoms with Crippen LogP contribution in [0, 0.1) is 3.57 Å². The molecule has 1 unspecified atom stereocenters. The molecule has 0 bridgehead atoms. The van der Waals surface area contributed by atoms with Gasteiger partial charge in [-0.3, -0.25) is 4.79 Å². The number of halogens is 1. The summed E-state index contributed by atoms with van der Waals surface area (Å²) in [5.74, 6) is -0.322. The molecule has 6 nitrogen and oxygen atoms in total. The van der Waals surface area contributed by atoms with Crippen molar-refractivity contribution in [2.75, 3.05) is 11.5 Å². The average molecular weight is 356 g/mol. The number of aromatic hydroxyl groups is 1. The molecule has 1 aromatic heterocycles. The summed E-state index contributed by atoms with van der Waals surface area (Å²) in [6, 6.07) is 0. The lowest BCUT2D eigenvalue weighted by molar-refractivity contribution is 0.440. The molecular formula is C8H9IN2O4S. The monoisotopic (exact) mass is 356 g/mol. The molecule has 0 saturated carbocycles. The molecule has 0 spiro atoms. The Morgan fingerprint density at radius 2 is 2.19 bits per heavy atom. The van der Waals surface area contributed by atoms with E-state index in [-0.39, 0.29) is 32.7 Å². The van der Waals surface area contributed by atoms with Gasteiger partial charge < -0.3 is 10.1 Å². The molecule has 1 fully saturated rings. The van der Waals surface area contributed by atoms with Crippen molar-refractivity contribution in [2.45, 2.75) is 12.3 Å². The van der Waals surface area contributed by atoms with Crippen molar-refractivity contribution in [2.24, 2.45) is 0 Å². The van der Waals surface area contributed by atoms with E-state index in [1.807, 2.05) is 0 Å². The van der Waals surface area contributed by atoms with Gasteiger partial charge in [0.05, 0.1) is 11.5 Å². The van der Waals surface area contributed by atoms with E-state index >= 15 is 0 Å². The minimum atomic E-state index is -3.02. The highest BCUT2D eigenvalue weighted by Crippen LogP contribution is 2.27. The molecular weight excluding hydrogens is 347 g/mol. The normalized spacial score (nSPS) is 23.4. The summed E-state index contributed by atoms with van der Waals surface area (Å²) in [6.07, 6.45) is 0.436. The highest BCUT2D eigenvalue weighted by Gasteiger charge is 2.31. The van der Waals surface area contributed by atoms with Crippen LogP contribution in [0.4, 0.5) is 0 Å². The topological polar surface area (TPSA) is 100 Å². The summed E-state index contributed by atoms with van der Waals surface area (Å²) < 4.78 is 22.6. The van der Waals surface area contributed by atoms with Crippen LogP contribution in [-0.2, 0) is 9.84 Å². The van der Waals surface area contributed by atoms with E-state index in [1.165, 1.54) is 0 Å². The maximum Gasteiger partial charge on any atom is 0.268 e. The van der Waals surface area contributed by atoms with Crippen molar-refractivity contribution >= 4 is 32.4 Å². The zero-order valence-electron chi connectivity index (χ0n) is 8.10. The van der Waals surface area contributed by atoms with Crippen molar-refractivity contribution in [3.05, 3.63) is 19.7 Å². The second kappa shape index (κ2) is 3.99. The summed E-state index contributed by atoms with van der Waals surface area (Å²) in [6.45, 7) is 0. The number of rotatable bonds is 1. The van der Waals surface area contributed by atoms with Gasteiger partial charge >= 0.3 is 0 Å². The Labute approximate surface area is 105 Å². The number of aromatic amines is 1. The minimum Gasteiger partial charge on any atom is -0.492 e. The van der Waals surface area contributed by atoms with E-state index in [4.69, 9.17) is 0 Å². The smallest absolute Gasteiger partial charge is 0.268 e. The number of hydrogen-bond donors (Lipinski definition) is 2. The highest BCUT2D eigenvalue weighted by molar-refractivity contribution is 14.1. The molecule has 2 rings (SSSR count). The van der Waals surface area contributed by atoms with Crippen LogP contribution in [0.1, 0.15) is 18.2 Å². The van der Waals surface area contributed by atoms with Gasteiger partial charge in [0, 0.05) is 5.92 Å². The Hall–Kier alpha value is -0.640. The van der Waals surface area contributed by atoms with Crippen LogP contribution in [0.2, 0.25) is 0 Å². The third kappa shape index (κ3) is 2.21. The molecule has 1 aliphatic rings. The van der Waals surface area contributed by atoms with Crippen LogP contribution in [-0.4, -0.2) is 35.0 Å². The molecule has 0 aromatic carbocycles. The van der Waals surface area contributed by atoms with Crippen LogP contribution in [0.15, 0.2) is 4.79 Å². The van der Waals surface area contributed by atoms with E-state index in [0.717, 1.165) is 0 Å². The van der Waals surface area contributed by atoms with Crippen LogP contribution in [0.5, 0.6) is 5.88 Å². The van der Waals surface area contributed by atoms with Crippen molar-refractivity contribution in [1.29, 1.82) is 0 Å². The van der Waals surface area contributed by atoms with E-state index in [2.05, 4.69) is 9.97 Å². The van der Waals surface area contributed by atoms with E-state index < -0.39 is 15.4 Å². The predicted molar refractivity (Wildman–Crippen MR) is 65.3 cm³/mol. The van der Waals surface area contributed by atoms with Crippen LogP contribution in [0.25, 0.3) is 0 Å². The first-order valence-corrected chi connectivity index (χ1v) is 7.48.